The first-order valence-corrected chi connectivity index (χ1v) is 6.77. The maximum Gasteiger partial charge on any atom is 0.119 e. The Bertz CT molecular complexity index is 521. The number of hydrogen-bond donors (Lipinski definition) is 1. The molecule has 19 heavy (non-hydrogen) atoms. The smallest absolute Gasteiger partial charge is 0.119 e. The van der Waals surface area contributed by atoms with Gasteiger partial charge < -0.3 is 15.4 Å². The minimum Gasteiger partial charge on any atom is -0.497 e. The van der Waals surface area contributed by atoms with Crippen molar-refractivity contribution in [2.75, 3.05) is 13.7 Å². The quantitative estimate of drug-likeness (QED) is 0.898. The molecule has 0 bridgehead atoms. The number of ether oxygens (including phenoxy) is 1. The third kappa shape index (κ3) is 2.82. The van der Waals surface area contributed by atoms with Crippen LogP contribution < -0.4 is 10.5 Å². The molecule has 1 aromatic rings. The predicted octanol–water partition coefficient (Wildman–Crippen LogP) is 2.30. The Morgan fingerprint density at radius 2 is 2.26 bits per heavy atom. The summed E-state index contributed by atoms with van der Waals surface area (Å²) >= 11 is 0. The van der Waals surface area contributed by atoms with Crippen LogP contribution in [0.25, 0.3) is 0 Å². The summed E-state index contributed by atoms with van der Waals surface area (Å²) in [6.07, 6.45) is 7.83. The van der Waals surface area contributed by atoms with E-state index >= 15 is 0 Å². The van der Waals surface area contributed by atoms with Crippen molar-refractivity contribution in [3.05, 3.63) is 53.8 Å². The predicted molar refractivity (Wildman–Crippen MR) is 76.7 cm³/mol. The highest BCUT2D eigenvalue weighted by molar-refractivity contribution is 5.32. The largest absolute Gasteiger partial charge is 0.497 e. The van der Waals surface area contributed by atoms with Crippen LogP contribution in [0.15, 0.2) is 48.2 Å². The zero-order valence-corrected chi connectivity index (χ0v) is 11.3. The summed E-state index contributed by atoms with van der Waals surface area (Å²) in [4.78, 5) is 2.33. The number of hydrogen-bond acceptors (Lipinski definition) is 3. The Morgan fingerprint density at radius 1 is 1.42 bits per heavy atom. The van der Waals surface area contributed by atoms with E-state index in [4.69, 9.17) is 10.5 Å². The lowest BCUT2D eigenvalue weighted by Crippen LogP contribution is -2.20. The third-order valence-corrected chi connectivity index (χ3v) is 3.77. The second kappa shape index (κ2) is 5.10. The summed E-state index contributed by atoms with van der Waals surface area (Å²) in [6, 6.07) is 8.61. The van der Waals surface area contributed by atoms with Crippen molar-refractivity contribution in [2.24, 2.45) is 11.7 Å². The fraction of sp³-hybridized carbons (Fsp3) is 0.375. The fourth-order valence-corrected chi connectivity index (χ4v) is 2.56. The Morgan fingerprint density at radius 3 is 3.00 bits per heavy atom. The van der Waals surface area contributed by atoms with Crippen LogP contribution in [-0.2, 0) is 6.54 Å². The normalized spacial score (nSPS) is 25.2. The average molecular weight is 256 g/mol. The van der Waals surface area contributed by atoms with E-state index in [9.17, 15) is 0 Å². The summed E-state index contributed by atoms with van der Waals surface area (Å²) in [5.41, 5.74) is 8.57. The highest BCUT2D eigenvalue weighted by Gasteiger charge is 2.36. The molecule has 1 aliphatic carbocycles. The Kier molecular flexibility index (Phi) is 3.30. The van der Waals surface area contributed by atoms with Crippen LogP contribution in [0.2, 0.25) is 0 Å². The van der Waals surface area contributed by atoms with Gasteiger partial charge in [-0.2, -0.15) is 0 Å². The van der Waals surface area contributed by atoms with Crippen molar-refractivity contribution >= 4 is 0 Å². The van der Waals surface area contributed by atoms with Crippen molar-refractivity contribution in [1.29, 1.82) is 0 Å². The SMILES string of the molecule is COc1cccc(CN2C=C([C@@H]3C[C@H]3N)C=CC2)c1. The number of benzene rings is 1. The van der Waals surface area contributed by atoms with Gasteiger partial charge in [0.15, 0.2) is 0 Å². The third-order valence-electron chi connectivity index (χ3n) is 3.77. The molecule has 3 rings (SSSR count). The van der Waals surface area contributed by atoms with Gasteiger partial charge in [0.05, 0.1) is 7.11 Å². The van der Waals surface area contributed by atoms with Crippen molar-refractivity contribution in [1.82, 2.24) is 4.90 Å². The summed E-state index contributed by atoms with van der Waals surface area (Å²) in [7, 11) is 1.70. The molecule has 1 heterocycles. The monoisotopic (exact) mass is 256 g/mol. The van der Waals surface area contributed by atoms with Crippen molar-refractivity contribution < 1.29 is 4.74 Å². The van der Waals surface area contributed by atoms with Gasteiger partial charge in [-0.15, -0.1) is 0 Å². The molecule has 0 amide bonds. The van der Waals surface area contributed by atoms with Crippen LogP contribution in [0.5, 0.6) is 5.75 Å². The van der Waals surface area contributed by atoms with E-state index in [1.54, 1.807) is 7.11 Å². The number of allylic oxidation sites excluding steroid dienone is 1. The van der Waals surface area contributed by atoms with Crippen molar-refractivity contribution in [3.8, 4) is 5.75 Å². The van der Waals surface area contributed by atoms with E-state index < -0.39 is 0 Å². The standard InChI is InChI=1S/C16H20N2O/c1-19-14-6-2-4-12(8-14)10-18-7-3-5-13(11-18)15-9-16(15)17/h2-6,8,11,15-16H,7,9-10,17H2,1H3/t15-,16+/m0/s1. The first-order chi connectivity index (χ1) is 9.26. The Balaban J connectivity index is 1.69. The van der Waals surface area contributed by atoms with Gasteiger partial charge in [-0.05, 0) is 29.7 Å². The lowest BCUT2D eigenvalue weighted by Gasteiger charge is -2.23. The Hall–Kier alpha value is -1.74. The maximum absolute atomic E-state index is 5.92. The number of rotatable bonds is 4. The molecule has 0 radical (unpaired) electrons. The highest BCUT2D eigenvalue weighted by Crippen LogP contribution is 2.37. The lowest BCUT2D eigenvalue weighted by atomic mass is 10.1. The van der Waals surface area contributed by atoms with Gasteiger partial charge in [0.2, 0.25) is 0 Å². The van der Waals surface area contributed by atoms with E-state index in [-0.39, 0.29) is 0 Å². The van der Waals surface area contributed by atoms with Crippen LogP contribution in [-0.4, -0.2) is 24.6 Å². The molecule has 0 spiro atoms. The molecule has 2 aliphatic rings. The summed E-state index contributed by atoms with van der Waals surface area (Å²) in [5.74, 6) is 1.49. The molecule has 3 heteroatoms. The average Bonchev–Trinajstić information content (AvgIpc) is 3.16. The van der Waals surface area contributed by atoms with Crippen molar-refractivity contribution in [3.63, 3.8) is 0 Å². The molecule has 2 N–H and O–H groups in total. The fourth-order valence-electron chi connectivity index (χ4n) is 2.56. The molecule has 0 aromatic heterocycles. The molecular weight excluding hydrogens is 236 g/mol. The summed E-state index contributed by atoms with van der Waals surface area (Å²) < 4.78 is 5.26. The van der Waals surface area contributed by atoms with Gasteiger partial charge in [-0.3, -0.25) is 0 Å². The van der Waals surface area contributed by atoms with Crippen LogP contribution in [0.4, 0.5) is 0 Å². The van der Waals surface area contributed by atoms with Gasteiger partial charge in [0.1, 0.15) is 5.75 Å². The van der Waals surface area contributed by atoms with Gasteiger partial charge in [0.25, 0.3) is 0 Å². The Labute approximate surface area is 114 Å². The maximum atomic E-state index is 5.92. The van der Waals surface area contributed by atoms with E-state index in [0.717, 1.165) is 25.3 Å². The van der Waals surface area contributed by atoms with Gasteiger partial charge >= 0.3 is 0 Å². The molecule has 2 atom stereocenters. The van der Waals surface area contributed by atoms with Crippen LogP contribution in [0, 0.1) is 5.92 Å². The zero-order chi connectivity index (χ0) is 13.2. The molecular formula is C16H20N2O. The van der Waals surface area contributed by atoms with E-state index in [1.165, 1.54) is 11.1 Å². The molecule has 0 unspecified atom stereocenters. The number of methoxy groups -OCH3 is 1. The van der Waals surface area contributed by atoms with E-state index in [0.29, 0.717) is 12.0 Å². The lowest BCUT2D eigenvalue weighted by molar-refractivity contribution is 0.393. The first-order valence-electron chi connectivity index (χ1n) is 6.77. The molecule has 0 saturated heterocycles. The number of nitrogens with two attached hydrogens (primary N) is 1. The summed E-state index contributed by atoms with van der Waals surface area (Å²) in [6.45, 7) is 1.87. The first kappa shape index (κ1) is 12.3. The minimum absolute atomic E-state index is 0.368. The zero-order valence-electron chi connectivity index (χ0n) is 11.3. The van der Waals surface area contributed by atoms with Gasteiger partial charge in [0, 0.05) is 31.2 Å². The van der Waals surface area contributed by atoms with Gasteiger partial charge in [-0.1, -0.05) is 24.3 Å². The molecule has 1 fully saturated rings. The molecule has 1 aliphatic heterocycles. The molecule has 1 aromatic carbocycles. The number of nitrogens with zero attached hydrogens (tertiary/aromatic N) is 1. The summed E-state index contributed by atoms with van der Waals surface area (Å²) in [5, 5.41) is 0. The van der Waals surface area contributed by atoms with Crippen LogP contribution in [0.3, 0.4) is 0 Å². The second-order valence-electron chi connectivity index (χ2n) is 5.32. The van der Waals surface area contributed by atoms with E-state index in [1.807, 2.05) is 12.1 Å². The highest BCUT2D eigenvalue weighted by atomic mass is 16.5. The minimum atomic E-state index is 0.368. The van der Waals surface area contributed by atoms with Crippen LogP contribution in [0.1, 0.15) is 12.0 Å². The van der Waals surface area contributed by atoms with Gasteiger partial charge in [-0.25, -0.2) is 0 Å². The molecule has 1 saturated carbocycles. The van der Waals surface area contributed by atoms with Crippen molar-refractivity contribution in [2.45, 2.75) is 19.0 Å². The molecule has 100 valence electrons. The van der Waals surface area contributed by atoms with E-state index in [2.05, 4.69) is 35.4 Å². The van der Waals surface area contributed by atoms with Crippen LogP contribution >= 0.6 is 0 Å². The molecule has 3 nitrogen and oxygen atoms in total. The topological polar surface area (TPSA) is 38.5 Å². The second-order valence-corrected chi connectivity index (χ2v) is 5.32.